The van der Waals surface area contributed by atoms with Crippen molar-refractivity contribution < 1.29 is 27.7 Å². The van der Waals surface area contributed by atoms with Gasteiger partial charge in [0.2, 0.25) is 16.0 Å². The molecule has 4 atom stereocenters. The molecule has 6 rings (SSSR count). The molecule has 2 fully saturated rings. The van der Waals surface area contributed by atoms with E-state index in [1.165, 1.54) is 6.33 Å². The Kier molecular flexibility index (Phi) is 8.11. The first-order valence-corrected chi connectivity index (χ1v) is 16.0. The second-order valence-corrected chi connectivity index (χ2v) is 13.3. The Morgan fingerprint density at radius 2 is 1.77 bits per heavy atom. The number of anilines is 3. The molecule has 0 radical (unpaired) electrons. The fourth-order valence-electron chi connectivity index (χ4n) is 5.93. The molecule has 236 valence electrons. The first kappa shape index (κ1) is 30.4. The van der Waals surface area contributed by atoms with Gasteiger partial charge in [0.15, 0.2) is 29.0 Å². The lowest BCUT2D eigenvalue weighted by Gasteiger charge is -2.25. The zero-order valence-electron chi connectivity index (χ0n) is 25.1. The first-order chi connectivity index (χ1) is 21.0. The number of imidazole rings is 1. The minimum absolute atomic E-state index is 0.217. The van der Waals surface area contributed by atoms with Crippen molar-refractivity contribution in [1.82, 2.24) is 24.2 Å². The number of nitrogens with zero attached hydrogens (tertiary/aromatic N) is 5. The molecule has 2 aliphatic heterocycles. The molecule has 4 unspecified atom stereocenters. The minimum atomic E-state index is -3.73. The van der Waals surface area contributed by atoms with Crippen LogP contribution in [0.4, 0.5) is 17.5 Å². The summed E-state index contributed by atoms with van der Waals surface area (Å²) in [6.07, 6.45) is 0.278. The Balaban J connectivity index is 1.14. The molecule has 0 bridgehead atoms. The maximum atomic E-state index is 13.3. The van der Waals surface area contributed by atoms with Crippen LogP contribution in [0.3, 0.4) is 0 Å². The molecule has 5 N–H and O–H groups in total. The fourth-order valence-corrected chi connectivity index (χ4v) is 7.22. The maximum absolute atomic E-state index is 13.3. The van der Waals surface area contributed by atoms with Crippen LogP contribution in [-0.4, -0.2) is 90.9 Å². The Morgan fingerprint density at radius 3 is 2.55 bits per heavy atom. The van der Waals surface area contributed by atoms with Crippen LogP contribution in [0.1, 0.15) is 32.9 Å². The minimum Gasteiger partial charge on any atom is -0.394 e. The molecule has 4 heterocycles. The molecular formula is C29H38N8O6S. The van der Waals surface area contributed by atoms with Crippen LogP contribution in [0.25, 0.3) is 21.9 Å². The van der Waals surface area contributed by atoms with Gasteiger partial charge in [0.1, 0.15) is 24.6 Å². The highest BCUT2D eigenvalue weighted by atomic mass is 32.2. The molecule has 2 aliphatic rings. The van der Waals surface area contributed by atoms with E-state index in [9.17, 15) is 13.5 Å². The van der Waals surface area contributed by atoms with Crippen molar-refractivity contribution in [1.29, 1.82) is 0 Å². The number of rotatable bonds is 11. The number of hydrogen-bond donors (Lipinski definition) is 4. The summed E-state index contributed by atoms with van der Waals surface area (Å²) in [6.45, 7) is 4.13. The number of aliphatic hydroxyl groups is 1. The first-order valence-electron chi connectivity index (χ1n) is 14.5. The van der Waals surface area contributed by atoms with Gasteiger partial charge in [-0.1, -0.05) is 24.3 Å². The topological polar surface area (TPSA) is 179 Å². The third-order valence-electron chi connectivity index (χ3n) is 7.87. The Morgan fingerprint density at radius 1 is 1.05 bits per heavy atom. The summed E-state index contributed by atoms with van der Waals surface area (Å²) in [4.78, 5) is 15.3. The summed E-state index contributed by atoms with van der Waals surface area (Å²) in [5.74, 6) is -0.193. The number of benzene rings is 2. The SMILES string of the molecule is CN(C)c1cccc2c(S(=O)(=O)NCCCCNc3nc4c(N)ncnc4n3C3OC(CO)C4OC(C)(C)OC43)cccc12. The van der Waals surface area contributed by atoms with Crippen LogP contribution < -0.4 is 20.7 Å². The van der Waals surface area contributed by atoms with Gasteiger partial charge in [-0.2, -0.15) is 0 Å². The van der Waals surface area contributed by atoms with E-state index in [1.807, 2.05) is 57.1 Å². The summed E-state index contributed by atoms with van der Waals surface area (Å²) in [5, 5.41) is 14.8. The van der Waals surface area contributed by atoms with Gasteiger partial charge in [-0.3, -0.25) is 4.57 Å². The highest BCUT2D eigenvalue weighted by Gasteiger charge is 2.56. The number of ether oxygens (including phenoxy) is 3. The zero-order valence-corrected chi connectivity index (χ0v) is 25.9. The monoisotopic (exact) mass is 626 g/mol. The van der Waals surface area contributed by atoms with Gasteiger partial charge in [0.25, 0.3) is 0 Å². The van der Waals surface area contributed by atoms with Gasteiger partial charge in [-0.15, -0.1) is 0 Å². The van der Waals surface area contributed by atoms with Gasteiger partial charge in [-0.05, 0) is 38.8 Å². The van der Waals surface area contributed by atoms with E-state index in [2.05, 4.69) is 25.0 Å². The van der Waals surface area contributed by atoms with E-state index in [1.54, 1.807) is 16.7 Å². The molecule has 2 aromatic carbocycles. The molecule has 2 saturated heterocycles. The lowest BCUT2D eigenvalue weighted by Crippen LogP contribution is -2.31. The van der Waals surface area contributed by atoms with Crippen LogP contribution in [0.2, 0.25) is 0 Å². The number of aromatic nitrogens is 4. The molecule has 4 aromatic rings. The number of unbranched alkanes of at least 4 members (excludes halogenated alkanes) is 1. The molecule has 0 amide bonds. The zero-order chi connectivity index (χ0) is 31.2. The number of hydrogen-bond acceptors (Lipinski definition) is 12. The fraction of sp³-hybridized carbons (Fsp3) is 0.483. The number of nitrogens with one attached hydrogen (secondary N) is 2. The average Bonchev–Trinajstić information content (AvgIpc) is 3.62. The average molecular weight is 627 g/mol. The van der Waals surface area contributed by atoms with Crippen molar-refractivity contribution in [3.63, 3.8) is 0 Å². The second-order valence-electron chi connectivity index (χ2n) is 11.6. The highest BCUT2D eigenvalue weighted by molar-refractivity contribution is 7.89. The third kappa shape index (κ3) is 5.55. The van der Waals surface area contributed by atoms with Crippen LogP contribution in [0.15, 0.2) is 47.6 Å². The number of aliphatic hydroxyl groups excluding tert-OH is 1. The molecule has 0 saturated carbocycles. The Bertz CT molecular complexity index is 1780. The normalized spacial score (nSPS) is 22.9. The molecule has 14 nitrogen and oxygen atoms in total. The smallest absolute Gasteiger partial charge is 0.241 e. The van der Waals surface area contributed by atoms with Gasteiger partial charge >= 0.3 is 0 Å². The summed E-state index contributed by atoms with van der Waals surface area (Å²) in [5.41, 5.74) is 7.93. The number of nitrogen functional groups attached to an aromatic ring is 1. The van der Waals surface area contributed by atoms with E-state index in [-0.39, 0.29) is 23.9 Å². The van der Waals surface area contributed by atoms with Crippen LogP contribution in [0.5, 0.6) is 0 Å². The van der Waals surface area contributed by atoms with Crippen LogP contribution in [-0.2, 0) is 24.2 Å². The molecule has 0 spiro atoms. The molecule has 2 aromatic heterocycles. The lowest BCUT2D eigenvalue weighted by molar-refractivity contribution is -0.199. The standard InChI is InChI=1S/C29H38N8O6S/c1-29(2)42-23-20(15-38)41-27(24(23)43-29)37-26-22(25(30)32-16-33-26)35-28(37)31-13-5-6-14-34-44(39,40)21-12-8-9-17-18(21)10-7-11-19(17)36(3)4/h7-12,16,20,23-24,27,34,38H,5-6,13-15H2,1-4H3,(H,31,35)(H2,30,32,33). The number of sulfonamides is 1. The van der Waals surface area contributed by atoms with Crippen LogP contribution >= 0.6 is 0 Å². The summed E-state index contributed by atoms with van der Waals surface area (Å²) in [7, 11) is 0.131. The van der Waals surface area contributed by atoms with Gasteiger partial charge in [0.05, 0.1) is 11.5 Å². The largest absolute Gasteiger partial charge is 0.394 e. The van der Waals surface area contributed by atoms with E-state index < -0.39 is 40.4 Å². The van der Waals surface area contributed by atoms with Crippen molar-refractivity contribution in [2.75, 3.05) is 49.7 Å². The van der Waals surface area contributed by atoms with Crippen molar-refractivity contribution in [2.45, 2.75) is 61.9 Å². The van der Waals surface area contributed by atoms with E-state index in [0.29, 0.717) is 41.9 Å². The summed E-state index contributed by atoms with van der Waals surface area (Å²) >= 11 is 0. The lowest BCUT2D eigenvalue weighted by atomic mass is 10.1. The van der Waals surface area contributed by atoms with E-state index in [0.717, 1.165) is 11.1 Å². The second kappa shape index (κ2) is 11.7. The van der Waals surface area contributed by atoms with Gasteiger partial charge < -0.3 is 35.3 Å². The maximum Gasteiger partial charge on any atom is 0.241 e. The quantitative estimate of drug-likeness (QED) is 0.179. The molecule has 0 aliphatic carbocycles. The summed E-state index contributed by atoms with van der Waals surface area (Å²) < 4.78 is 49.4. The Hall–Kier alpha value is -3.60. The van der Waals surface area contributed by atoms with Crippen molar-refractivity contribution in [3.8, 4) is 0 Å². The molecule has 15 heteroatoms. The van der Waals surface area contributed by atoms with Crippen molar-refractivity contribution in [3.05, 3.63) is 42.7 Å². The van der Waals surface area contributed by atoms with Crippen molar-refractivity contribution >= 4 is 49.4 Å². The number of nitrogens with two attached hydrogens (primary N) is 1. The van der Waals surface area contributed by atoms with Crippen molar-refractivity contribution in [2.24, 2.45) is 0 Å². The Labute approximate surface area is 255 Å². The molecule has 44 heavy (non-hydrogen) atoms. The summed E-state index contributed by atoms with van der Waals surface area (Å²) in [6, 6.07) is 11.0. The third-order valence-corrected chi connectivity index (χ3v) is 9.39. The predicted molar refractivity (Wildman–Crippen MR) is 166 cm³/mol. The highest BCUT2D eigenvalue weighted by Crippen LogP contribution is 2.45. The van der Waals surface area contributed by atoms with Gasteiger partial charge in [-0.25, -0.2) is 28.1 Å². The van der Waals surface area contributed by atoms with E-state index >= 15 is 0 Å². The van der Waals surface area contributed by atoms with Gasteiger partial charge in [0, 0.05) is 43.6 Å². The molecular weight excluding hydrogens is 588 g/mol. The predicted octanol–water partition coefficient (Wildman–Crippen LogP) is 2.21. The number of fused-ring (bicyclic) bond motifs is 3. The van der Waals surface area contributed by atoms with Crippen LogP contribution in [0, 0.1) is 0 Å². The van der Waals surface area contributed by atoms with E-state index in [4.69, 9.17) is 19.9 Å².